The standard InChI is InChI=1S/C10H14F3N3/c1-8(2,14)9(3-4-9)6-5-15-16-7(6)10(11,12)13/h5H,3-4,14H2,1-2H3,(H,15,16). The van der Waals surface area contributed by atoms with Crippen LogP contribution >= 0.6 is 0 Å². The topological polar surface area (TPSA) is 54.7 Å². The van der Waals surface area contributed by atoms with E-state index in [1.54, 1.807) is 13.8 Å². The van der Waals surface area contributed by atoms with Gasteiger partial charge in [-0.15, -0.1) is 0 Å². The first-order valence-corrected chi connectivity index (χ1v) is 5.08. The summed E-state index contributed by atoms with van der Waals surface area (Å²) >= 11 is 0. The largest absolute Gasteiger partial charge is 0.433 e. The third-order valence-corrected chi connectivity index (χ3v) is 3.42. The van der Waals surface area contributed by atoms with Gasteiger partial charge in [0.25, 0.3) is 0 Å². The second-order valence-electron chi connectivity index (χ2n) is 4.96. The maximum atomic E-state index is 12.7. The van der Waals surface area contributed by atoms with E-state index < -0.39 is 22.8 Å². The van der Waals surface area contributed by atoms with E-state index in [-0.39, 0.29) is 5.56 Å². The summed E-state index contributed by atoms with van der Waals surface area (Å²) in [6.07, 6.45) is -1.78. The highest BCUT2D eigenvalue weighted by molar-refractivity contribution is 5.39. The Balaban J connectivity index is 2.47. The lowest BCUT2D eigenvalue weighted by Crippen LogP contribution is -2.45. The van der Waals surface area contributed by atoms with Crippen molar-refractivity contribution in [2.24, 2.45) is 5.73 Å². The average Bonchev–Trinajstić information content (AvgIpc) is 2.74. The third-order valence-electron chi connectivity index (χ3n) is 3.42. The van der Waals surface area contributed by atoms with Crippen molar-refractivity contribution in [3.05, 3.63) is 17.5 Å². The summed E-state index contributed by atoms with van der Waals surface area (Å²) in [6, 6.07) is 0. The van der Waals surface area contributed by atoms with Gasteiger partial charge in [0.05, 0.1) is 6.20 Å². The number of halogens is 3. The van der Waals surface area contributed by atoms with Crippen molar-refractivity contribution >= 4 is 0 Å². The van der Waals surface area contributed by atoms with Crippen molar-refractivity contribution in [1.29, 1.82) is 0 Å². The summed E-state index contributed by atoms with van der Waals surface area (Å²) in [5.41, 5.74) is 4.16. The highest BCUT2D eigenvalue weighted by Gasteiger charge is 2.57. The Morgan fingerprint density at radius 1 is 1.38 bits per heavy atom. The molecule has 0 saturated heterocycles. The van der Waals surface area contributed by atoms with E-state index in [4.69, 9.17) is 5.73 Å². The molecule has 3 nitrogen and oxygen atoms in total. The van der Waals surface area contributed by atoms with Gasteiger partial charge < -0.3 is 5.73 Å². The van der Waals surface area contributed by atoms with Crippen molar-refractivity contribution in [1.82, 2.24) is 10.2 Å². The fourth-order valence-corrected chi connectivity index (χ4v) is 2.25. The molecule has 3 N–H and O–H groups in total. The Kier molecular flexibility index (Phi) is 2.15. The van der Waals surface area contributed by atoms with Crippen molar-refractivity contribution < 1.29 is 13.2 Å². The van der Waals surface area contributed by atoms with E-state index in [1.807, 2.05) is 5.10 Å². The summed E-state index contributed by atoms with van der Waals surface area (Å²) in [4.78, 5) is 0. The fraction of sp³-hybridized carbons (Fsp3) is 0.700. The molecule has 2 rings (SSSR count). The average molecular weight is 233 g/mol. The summed E-state index contributed by atoms with van der Waals surface area (Å²) in [7, 11) is 0. The number of aromatic amines is 1. The van der Waals surface area contributed by atoms with Gasteiger partial charge in [-0.05, 0) is 26.7 Å². The predicted molar refractivity (Wildman–Crippen MR) is 52.8 cm³/mol. The fourth-order valence-electron chi connectivity index (χ4n) is 2.25. The highest BCUT2D eigenvalue weighted by Crippen LogP contribution is 2.56. The minimum absolute atomic E-state index is 0.201. The number of H-pyrrole nitrogens is 1. The van der Waals surface area contributed by atoms with Gasteiger partial charge in [-0.3, -0.25) is 5.10 Å². The molecule has 90 valence electrons. The molecule has 1 aromatic heterocycles. The van der Waals surface area contributed by atoms with Crippen LogP contribution in [0.4, 0.5) is 13.2 Å². The number of aromatic nitrogens is 2. The number of rotatable bonds is 2. The lowest BCUT2D eigenvalue weighted by atomic mass is 9.79. The van der Waals surface area contributed by atoms with Gasteiger partial charge in [0.1, 0.15) is 5.69 Å². The molecule has 0 radical (unpaired) electrons. The zero-order valence-corrected chi connectivity index (χ0v) is 9.15. The Labute approximate surface area is 91.2 Å². The van der Waals surface area contributed by atoms with Gasteiger partial charge in [0.2, 0.25) is 0 Å². The molecule has 6 heteroatoms. The van der Waals surface area contributed by atoms with Gasteiger partial charge in [0.15, 0.2) is 0 Å². The van der Waals surface area contributed by atoms with Gasteiger partial charge in [-0.25, -0.2) is 0 Å². The molecular weight excluding hydrogens is 219 g/mol. The monoisotopic (exact) mass is 233 g/mol. The quantitative estimate of drug-likeness (QED) is 0.822. The van der Waals surface area contributed by atoms with Crippen LogP contribution in [0, 0.1) is 0 Å². The Morgan fingerprint density at radius 2 is 1.94 bits per heavy atom. The van der Waals surface area contributed by atoms with Crippen LogP contribution in [0.1, 0.15) is 37.9 Å². The van der Waals surface area contributed by atoms with E-state index in [1.165, 1.54) is 6.20 Å². The number of hydrogen-bond donors (Lipinski definition) is 2. The first kappa shape index (κ1) is 11.4. The van der Waals surface area contributed by atoms with Crippen LogP contribution in [0.3, 0.4) is 0 Å². The van der Waals surface area contributed by atoms with Crippen LogP contribution < -0.4 is 5.73 Å². The summed E-state index contributed by atoms with van der Waals surface area (Å²) < 4.78 is 38.1. The molecule has 0 aromatic carbocycles. The number of alkyl halides is 3. The second kappa shape index (κ2) is 3.00. The van der Waals surface area contributed by atoms with Crippen LogP contribution in [-0.2, 0) is 11.6 Å². The molecule has 1 heterocycles. The van der Waals surface area contributed by atoms with Gasteiger partial charge in [-0.2, -0.15) is 18.3 Å². The number of nitrogens with zero attached hydrogens (tertiary/aromatic N) is 1. The molecule has 0 spiro atoms. The molecule has 16 heavy (non-hydrogen) atoms. The number of hydrogen-bond acceptors (Lipinski definition) is 2. The van der Waals surface area contributed by atoms with E-state index in [0.29, 0.717) is 12.8 Å². The maximum absolute atomic E-state index is 12.7. The molecule has 1 aliphatic carbocycles. The van der Waals surface area contributed by atoms with Crippen LogP contribution in [0.2, 0.25) is 0 Å². The molecule has 1 aliphatic rings. The zero-order valence-electron chi connectivity index (χ0n) is 9.15. The van der Waals surface area contributed by atoms with Crippen LogP contribution in [0.25, 0.3) is 0 Å². The minimum Gasteiger partial charge on any atom is -0.325 e. The van der Waals surface area contributed by atoms with Gasteiger partial charge >= 0.3 is 6.18 Å². The SMILES string of the molecule is CC(C)(N)C1(c2cn[nH]c2C(F)(F)F)CC1. The van der Waals surface area contributed by atoms with E-state index in [9.17, 15) is 13.2 Å². The Hall–Kier alpha value is -1.04. The second-order valence-corrected chi connectivity index (χ2v) is 4.96. The maximum Gasteiger partial charge on any atom is 0.433 e. The van der Waals surface area contributed by atoms with E-state index in [2.05, 4.69) is 5.10 Å². The highest BCUT2D eigenvalue weighted by atomic mass is 19.4. The predicted octanol–water partition coefficient (Wildman–Crippen LogP) is 2.20. The van der Waals surface area contributed by atoms with Crippen LogP contribution in [0.15, 0.2) is 6.20 Å². The minimum atomic E-state index is -4.40. The smallest absolute Gasteiger partial charge is 0.325 e. The van der Waals surface area contributed by atoms with E-state index >= 15 is 0 Å². The Morgan fingerprint density at radius 3 is 2.31 bits per heavy atom. The third kappa shape index (κ3) is 1.52. The van der Waals surface area contributed by atoms with E-state index in [0.717, 1.165) is 0 Å². The molecular formula is C10H14F3N3. The summed E-state index contributed by atoms with van der Waals surface area (Å²) in [5.74, 6) is 0. The molecule has 0 aliphatic heterocycles. The molecule has 1 saturated carbocycles. The lowest BCUT2D eigenvalue weighted by Gasteiger charge is -2.31. The molecule has 0 bridgehead atoms. The molecule has 1 fully saturated rings. The van der Waals surface area contributed by atoms with Crippen molar-refractivity contribution in [3.63, 3.8) is 0 Å². The number of nitrogens with two attached hydrogens (primary N) is 1. The summed E-state index contributed by atoms with van der Waals surface area (Å²) in [6.45, 7) is 3.51. The van der Waals surface area contributed by atoms with Crippen LogP contribution in [0.5, 0.6) is 0 Å². The number of nitrogens with one attached hydrogen (secondary N) is 1. The van der Waals surface area contributed by atoms with Crippen molar-refractivity contribution in [2.75, 3.05) is 0 Å². The normalized spacial score (nSPS) is 19.9. The van der Waals surface area contributed by atoms with Gasteiger partial charge in [-0.1, -0.05) is 0 Å². The molecule has 0 amide bonds. The lowest BCUT2D eigenvalue weighted by molar-refractivity contribution is -0.142. The first-order chi connectivity index (χ1) is 7.18. The van der Waals surface area contributed by atoms with Crippen molar-refractivity contribution in [2.45, 2.75) is 43.8 Å². The molecule has 0 unspecified atom stereocenters. The first-order valence-electron chi connectivity index (χ1n) is 5.08. The molecule has 0 atom stereocenters. The Bertz CT molecular complexity index is 396. The van der Waals surface area contributed by atoms with Crippen molar-refractivity contribution in [3.8, 4) is 0 Å². The molecule has 1 aromatic rings. The van der Waals surface area contributed by atoms with Crippen LogP contribution in [-0.4, -0.2) is 15.7 Å². The zero-order chi connectivity index (χ0) is 12.2. The van der Waals surface area contributed by atoms with Gasteiger partial charge in [0, 0.05) is 16.5 Å². The summed E-state index contributed by atoms with van der Waals surface area (Å²) in [5, 5.41) is 5.54.